The molecule has 0 amide bonds. The molecule has 1 saturated heterocycles. The molecule has 1 N–H and O–H groups in total. The van der Waals surface area contributed by atoms with E-state index in [4.69, 9.17) is 14.1 Å². The first-order valence-electron chi connectivity index (χ1n) is 13.0. The molecular formula is C31H29N3O3. The number of ether oxygens (including phenoxy) is 1. The second kappa shape index (κ2) is 8.60. The monoisotopic (exact) mass is 491 g/mol. The highest BCUT2D eigenvalue weighted by Crippen LogP contribution is 2.42. The molecule has 5 aromatic rings. The molecule has 6 nitrogen and oxygen atoms in total. The molecule has 3 heterocycles. The Balaban J connectivity index is 1.31. The molecule has 2 fully saturated rings. The summed E-state index contributed by atoms with van der Waals surface area (Å²) in [5, 5.41) is 4.56. The molecule has 37 heavy (non-hydrogen) atoms. The van der Waals surface area contributed by atoms with Gasteiger partial charge >= 0.3 is 0 Å². The predicted octanol–water partition coefficient (Wildman–Crippen LogP) is 6.08. The topological polar surface area (TPSA) is 69.3 Å². The van der Waals surface area contributed by atoms with Crippen LogP contribution >= 0.6 is 0 Å². The van der Waals surface area contributed by atoms with Crippen molar-refractivity contribution in [3.8, 4) is 28.3 Å². The number of Topliss-reactive ketones (excluding diaryl/α,β-unsaturated/α-hetero) is 1. The van der Waals surface area contributed by atoms with Crippen molar-refractivity contribution in [2.45, 2.75) is 25.8 Å². The number of furan rings is 1. The Labute approximate surface area is 215 Å². The van der Waals surface area contributed by atoms with E-state index in [1.807, 2.05) is 24.3 Å². The Hall–Kier alpha value is -3.90. The average molecular weight is 492 g/mol. The fourth-order valence-corrected chi connectivity index (χ4v) is 5.82. The normalized spacial score (nSPS) is 19.6. The number of carbonyl (C=O) groups excluding carboxylic acids is 1. The van der Waals surface area contributed by atoms with Crippen molar-refractivity contribution in [3.05, 3.63) is 73.0 Å². The van der Waals surface area contributed by atoms with E-state index < -0.39 is 0 Å². The fraction of sp³-hybridized carbons (Fsp3) is 0.290. The lowest BCUT2D eigenvalue weighted by Crippen LogP contribution is -2.39. The van der Waals surface area contributed by atoms with Crippen molar-refractivity contribution in [2.75, 3.05) is 20.2 Å². The molecule has 0 spiro atoms. The van der Waals surface area contributed by atoms with Crippen molar-refractivity contribution in [1.82, 2.24) is 14.9 Å². The minimum absolute atomic E-state index is 0.227. The van der Waals surface area contributed by atoms with Crippen LogP contribution in [0.15, 0.2) is 77.4 Å². The standard InChI is InChI=1S/C31H29N3O3/c1-36-25-9-10-27-26(17-25)33-30(34(27)19-31(13-14-32-18-31)29(35)21-4-5-21)22-6-2-20(3-7-22)23-8-11-28-24(16-23)12-15-37-28/h2-3,6-12,15-17,21,32H,4-5,13-14,18-19H2,1H3/t31-/m0/s1. The first-order chi connectivity index (χ1) is 18.1. The molecule has 7 rings (SSSR count). The van der Waals surface area contributed by atoms with E-state index in [9.17, 15) is 4.79 Å². The molecule has 2 aromatic heterocycles. The van der Waals surface area contributed by atoms with E-state index in [0.29, 0.717) is 12.3 Å². The highest BCUT2D eigenvalue weighted by molar-refractivity contribution is 5.90. The number of carbonyl (C=O) groups is 1. The van der Waals surface area contributed by atoms with Crippen LogP contribution in [0.1, 0.15) is 19.3 Å². The summed E-state index contributed by atoms with van der Waals surface area (Å²) in [5.74, 6) is 2.31. The minimum Gasteiger partial charge on any atom is -0.497 e. The van der Waals surface area contributed by atoms with Crippen LogP contribution in [0.3, 0.4) is 0 Å². The molecule has 2 aliphatic rings. The first-order valence-corrected chi connectivity index (χ1v) is 13.0. The number of nitrogens with one attached hydrogen (secondary N) is 1. The summed E-state index contributed by atoms with van der Waals surface area (Å²) in [4.78, 5) is 18.6. The largest absolute Gasteiger partial charge is 0.497 e. The number of rotatable bonds is 7. The highest BCUT2D eigenvalue weighted by atomic mass is 16.5. The zero-order chi connectivity index (χ0) is 25.0. The lowest BCUT2D eigenvalue weighted by Gasteiger charge is -2.28. The van der Waals surface area contributed by atoms with Gasteiger partial charge in [0.25, 0.3) is 0 Å². The van der Waals surface area contributed by atoms with Gasteiger partial charge in [0, 0.05) is 36.0 Å². The Morgan fingerprint density at radius 2 is 1.86 bits per heavy atom. The van der Waals surface area contributed by atoms with Crippen molar-refractivity contribution in [1.29, 1.82) is 0 Å². The molecule has 1 aliphatic carbocycles. The highest BCUT2D eigenvalue weighted by Gasteiger charge is 2.48. The number of nitrogens with zero attached hydrogens (tertiary/aromatic N) is 2. The first kappa shape index (κ1) is 22.3. The van der Waals surface area contributed by atoms with Gasteiger partial charge in [-0.1, -0.05) is 30.3 Å². The van der Waals surface area contributed by atoms with E-state index in [1.54, 1.807) is 13.4 Å². The molecule has 1 saturated carbocycles. The Morgan fingerprint density at radius 1 is 1.05 bits per heavy atom. The van der Waals surface area contributed by atoms with Gasteiger partial charge < -0.3 is 19.0 Å². The van der Waals surface area contributed by atoms with Gasteiger partial charge in [-0.3, -0.25) is 4.79 Å². The summed E-state index contributed by atoms with van der Waals surface area (Å²) >= 11 is 0. The third-order valence-corrected chi connectivity index (χ3v) is 8.06. The molecule has 3 aromatic carbocycles. The van der Waals surface area contributed by atoms with Crippen LogP contribution in [0, 0.1) is 11.3 Å². The molecule has 0 radical (unpaired) electrons. The summed E-state index contributed by atoms with van der Waals surface area (Å²) in [6, 6.07) is 22.8. The van der Waals surface area contributed by atoms with Crippen molar-refractivity contribution < 1.29 is 13.9 Å². The van der Waals surface area contributed by atoms with Gasteiger partial charge in [0.05, 0.1) is 29.8 Å². The number of aromatic nitrogens is 2. The molecule has 0 unspecified atom stereocenters. The number of ketones is 1. The number of fused-ring (bicyclic) bond motifs is 2. The van der Waals surface area contributed by atoms with Gasteiger partial charge in [-0.25, -0.2) is 4.98 Å². The second-order valence-electron chi connectivity index (χ2n) is 10.5. The van der Waals surface area contributed by atoms with E-state index in [-0.39, 0.29) is 11.3 Å². The maximum Gasteiger partial charge on any atom is 0.145 e. The average Bonchev–Trinajstić information content (AvgIpc) is 3.33. The lowest BCUT2D eigenvalue weighted by atomic mass is 9.80. The van der Waals surface area contributed by atoms with Crippen LogP contribution in [0.25, 0.3) is 44.5 Å². The molecule has 1 atom stereocenters. The number of benzene rings is 3. The quantitative estimate of drug-likeness (QED) is 0.299. The Bertz CT molecular complexity index is 1620. The van der Waals surface area contributed by atoms with Crippen molar-refractivity contribution >= 4 is 27.8 Å². The maximum atomic E-state index is 13.5. The third-order valence-electron chi connectivity index (χ3n) is 8.06. The van der Waals surface area contributed by atoms with E-state index in [2.05, 4.69) is 52.3 Å². The fourth-order valence-electron chi connectivity index (χ4n) is 5.82. The number of hydrogen-bond donors (Lipinski definition) is 1. The van der Waals surface area contributed by atoms with Gasteiger partial charge in [0.15, 0.2) is 0 Å². The van der Waals surface area contributed by atoms with Crippen LogP contribution in [0.5, 0.6) is 5.75 Å². The Morgan fingerprint density at radius 3 is 2.62 bits per heavy atom. The van der Waals surface area contributed by atoms with Gasteiger partial charge in [-0.15, -0.1) is 0 Å². The smallest absolute Gasteiger partial charge is 0.145 e. The summed E-state index contributed by atoms with van der Waals surface area (Å²) in [6.45, 7) is 2.24. The zero-order valence-electron chi connectivity index (χ0n) is 20.9. The molecule has 6 heteroatoms. The molecule has 0 bridgehead atoms. The summed E-state index contributed by atoms with van der Waals surface area (Å²) in [6.07, 6.45) is 4.65. The number of hydrogen-bond acceptors (Lipinski definition) is 5. The molecule has 1 aliphatic heterocycles. The van der Waals surface area contributed by atoms with E-state index >= 15 is 0 Å². The molecular weight excluding hydrogens is 462 g/mol. The van der Waals surface area contributed by atoms with Crippen LogP contribution in [0.2, 0.25) is 0 Å². The van der Waals surface area contributed by atoms with Crippen LogP contribution in [-0.2, 0) is 11.3 Å². The summed E-state index contributed by atoms with van der Waals surface area (Å²) in [7, 11) is 1.67. The lowest BCUT2D eigenvalue weighted by molar-refractivity contribution is -0.129. The number of methoxy groups -OCH3 is 1. The van der Waals surface area contributed by atoms with Gasteiger partial charge in [-0.05, 0) is 67.3 Å². The van der Waals surface area contributed by atoms with Crippen molar-refractivity contribution in [3.63, 3.8) is 0 Å². The van der Waals surface area contributed by atoms with Gasteiger partial charge in [-0.2, -0.15) is 0 Å². The van der Waals surface area contributed by atoms with E-state index in [0.717, 1.165) is 82.6 Å². The van der Waals surface area contributed by atoms with E-state index in [1.165, 1.54) is 0 Å². The summed E-state index contributed by atoms with van der Waals surface area (Å²) < 4.78 is 13.2. The molecule has 186 valence electrons. The van der Waals surface area contributed by atoms with Gasteiger partial charge in [0.1, 0.15) is 22.9 Å². The minimum atomic E-state index is -0.385. The Kier molecular flexibility index (Phi) is 5.18. The van der Waals surface area contributed by atoms with Gasteiger partial charge in [0.2, 0.25) is 0 Å². The third kappa shape index (κ3) is 3.83. The number of imidazole rings is 1. The predicted molar refractivity (Wildman–Crippen MR) is 145 cm³/mol. The zero-order valence-corrected chi connectivity index (χ0v) is 20.9. The van der Waals surface area contributed by atoms with Crippen molar-refractivity contribution in [2.24, 2.45) is 11.3 Å². The SMILES string of the molecule is COc1ccc2c(c1)nc(-c1ccc(-c3ccc4occc4c3)cc1)n2C[C@]1(C(=O)C2CC2)CCNC1. The summed E-state index contributed by atoms with van der Waals surface area (Å²) in [5.41, 5.74) is 5.72. The second-order valence-corrected chi connectivity index (χ2v) is 10.5. The van der Waals surface area contributed by atoms with Crippen LogP contribution in [0.4, 0.5) is 0 Å². The van der Waals surface area contributed by atoms with Crippen LogP contribution in [-0.4, -0.2) is 35.5 Å². The maximum absolute atomic E-state index is 13.5. The van der Waals surface area contributed by atoms with Crippen LogP contribution < -0.4 is 10.1 Å².